The maximum Gasteiger partial charge on any atom is 0.264 e. The quantitative estimate of drug-likeness (QED) is 0.804. The highest BCUT2D eigenvalue weighted by Crippen LogP contribution is 2.21. The van der Waals surface area contributed by atoms with Gasteiger partial charge in [0, 0.05) is 30.2 Å². The lowest BCUT2D eigenvalue weighted by molar-refractivity contribution is -0.144. The number of hydrogen-bond donors (Lipinski definition) is 2. The van der Waals surface area contributed by atoms with E-state index < -0.39 is 11.9 Å². The molecular formula is C17H16N4O4. The van der Waals surface area contributed by atoms with Crippen LogP contribution in [0.1, 0.15) is 19.8 Å². The molecule has 2 aromatic rings. The minimum Gasteiger partial charge on any atom is -0.324 e. The summed E-state index contributed by atoms with van der Waals surface area (Å²) in [5.41, 5.74) is 1.45. The normalized spacial score (nSPS) is 15.3. The predicted molar refractivity (Wildman–Crippen MR) is 89.5 cm³/mol. The Balaban J connectivity index is 1.76. The van der Waals surface area contributed by atoms with Gasteiger partial charge in [0.05, 0.1) is 5.69 Å². The van der Waals surface area contributed by atoms with Crippen molar-refractivity contribution in [2.45, 2.75) is 25.8 Å². The number of benzene rings is 1. The van der Waals surface area contributed by atoms with E-state index in [1.807, 2.05) is 0 Å². The van der Waals surface area contributed by atoms with Crippen LogP contribution in [0.3, 0.4) is 0 Å². The van der Waals surface area contributed by atoms with Crippen LogP contribution < -0.4 is 10.9 Å². The molecule has 3 rings (SSSR count). The van der Waals surface area contributed by atoms with Gasteiger partial charge in [-0.05, 0) is 25.1 Å². The average molecular weight is 340 g/mol. The first-order valence-electron chi connectivity index (χ1n) is 7.77. The zero-order valence-corrected chi connectivity index (χ0v) is 13.5. The molecule has 1 aromatic heterocycles. The van der Waals surface area contributed by atoms with Crippen LogP contribution in [0, 0.1) is 0 Å². The van der Waals surface area contributed by atoms with Crippen molar-refractivity contribution < 1.29 is 14.4 Å². The highest BCUT2D eigenvalue weighted by Gasteiger charge is 2.36. The first-order chi connectivity index (χ1) is 12.0. The highest BCUT2D eigenvalue weighted by atomic mass is 16.2. The van der Waals surface area contributed by atoms with Crippen LogP contribution in [0.2, 0.25) is 0 Å². The lowest BCUT2D eigenvalue weighted by atomic mass is 10.1. The van der Waals surface area contributed by atoms with Gasteiger partial charge in [-0.3, -0.25) is 24.1 Å². The van der Waals surface area contributed by atoms with Crippen molar-refractivity contribution >= 4 is 23.4 Å². The second-order valence-corrected chi connectivity index (χ2v) is 5.71. The largest absolute Gasteiger partial charge is 0.324 e. The van der Waals surface area contributed by atoms with Crippen molar-refractivity contribution in [2.75, 3.05) is 5.32 Å². The van der Waals surface area contributed by atoms with Gasteiger partial charge in [0.1, 0.15) is 6.04 Å². The van der Waals surface area contributed by atoms with Crippen molar-refractivity contribution in [1.82, 2.24) is 15.1 Å². The molecule has 8 nitrogen and oxygen atoms in total. The number of nitrogens with zero attached hydrogens (tertiary/aromatic N) is 2. The summed E-state index contributed by atoms with van der Waals surface area (Å²) in [6, 6.07) is 8.95. The van der Waals surface area contributed by atoms with E-state index in [9.17, 15) is 19.2 Å². The van der Waals surface area contributed by atoms with Gasteiger partial charge in [-0.15, -0.1) is 0 Å². The van der Waals surface area contributed by atoms with Crippen LogP contribution in [0.4, 0.5) is 5.69 Å². The summed E-state index contributed by atoms with van der Waals surface area (Å²) in [6.45, 7) is 1.52. The number of carbonyl (C=O) groups excluding carboxylic acids is 3. The Morgan fingerprint density at radius 3 is 2.52 bits per heavy atom. The number of anilines is 1. The molecule has 2 heterocycles. The number of rotatable bonds is 4. The van der Waals surface area contributed by atoms with Gasteiger partial charge in [-0.2, -0.15) is 5.10 Å². The van der Waals surface area contributed by atoms with E-state index in [0.29, 0.717) is 16.9 Å². The van der Waals surface area contributed by atoms with Gasteiger partial charge in [-0.25, -0.2) is 5.10 Å². The Morgan fingerprint density at radius 1 is 1.16 bits per heavy atom. The van der Waals surface area contributed by atoms with E-state index >= 15 is 0 Å². The second kappa shape index (κ2) is 6.68. The number of amides is 3. The van der Waals surface area contributed by atoms with Crippen LogP contribution in [-0.4, -0.2) is 38.9 Å². The van der Waals surface area contributed by atoms with Gasteiger partial charge in [0.2, 0.25) is 17.7 Å². The highest BCUT2D eigenvalue weighted by molar-refractivity contribution is 6.07. The summed E-state index contributed by atoms with van der Waals surface area (Å²) in [6.07, 6.45) is 0.285. The summed E-state index contributed by atoms with van der Waals surface area (Å²) in [5, 5.41) is 8.98. The smallest absolute Gasteiger partial charge is 0.264 e. The summed E-state index contributed by atoms with van der Waals surface area (Å²) < 4.78 is 0. The van der Waals surface area contributed by atoms with Gasteiger partial charge in [0.15, 0.2) is 0 Å². The molecule has 1 aromatic carbocycles. The Morgan fingerprint density at radius 2 is 1.88 bits per heavy atom. The van der Waals surface area contributed by atoms with Crippen molar-refractivity contribution in [3.05, 3.63) is 46.8 Å². The van der Waals surface area contributed by atoms with E-state index in [2.05, 4.69) is 15.5 Å². The Labute approximate surface area is 142 Å². The molecule has 3 amide bonds. The monoisotopic (exact) mass is 340 g/mol. The molecule has 25 heavy (non-hydrogen) atoms. The fourth-order valence-electron chi connectivity index (χ4n) is 2.65. The van der Waals surface area contributed by atoms with E-state index in [0.717, 1.165) is 4.90 Å². The molecule has 1 aliphatic rings. The van der Waals surface area contributed by atoms with E-state index in [-0.39, 0.29) is 30.2 Å². The zero-order valence-electron chi connectivity index (χ0n) is 13.5. The van der Waals surface area contributed by atoms with Crippen molar-refractivity contribution in [1.29, 1.82) is 0 Å². The number of H-pyrrole nitrogens is 1. The lowest BCUT2D eigenvalue weighted by Crippen LogP contribution is -2.44. The van der Waals surface area contributed by atoms with Crippen LogP contribution in [0.25, 0.3) is 11.3 Å². The molecule has 1 atom stereocenters. The molecule has 1 fully saturated rings. The molecule has 8 heteroatoms. The molecule has 2 N–H and O–H groups in total. The number of likely N-dealkylation sites (tertiary alicyclic amines) is 1. The second-order valence-electron chi connectivity index (χ2n) is 5.71. The molecule has 128 valence electrons. The van der Waals surface area contributed by atoms with Crippen LogP contribution >= 0.6 is 0 Å². The Hall–Kier alpha value is -3.29. The standard InChI is InChI=1S/C17H16N4O4/c1-10(21-15(23)7-8-16(21)24)17(25)18-12-4-2-3-11(9-12)13-5-6-14(22)20-19-13/h2-6,9-10H,7-8H2,1H3,(H,18,25)(H,20,22)/t10-/m1/s1. The fraction of sp³-hybridized carbons (Fsp3) is 0.235. The van der Waals surface area contributed by atoms with Gasteiger partial charge >= 0.3 is 0 Å². The molecule has 0 saturated carbocycles. The summed E-state index contributed by atoms with van der Waals surface area (Å²) in [4.78, 5) is 47.9. The van der Waals surface area contributed by atoms with Crippen LogP contribution in [0.5, 0.6) is 0 Å². The minimum absolute atomic E-state index is 0.143. The van der Waals surface area contributed by atoms with E-state index in [1.165, 1.54) is 13.0 Å². The summed E-state index contributed by atoms with van der Waals surface area (Å²) in [7, 11) is 0. The van der Waals surface area contributed by atoms with Gasteiger partial charge in [-0.1, -0.05) is 12.1 Å². The first kappa shape index (κ1) is 16.6. The third-order valence-corrected chi connectivity index (χ3v) is 3.96. The topological polar surface area (TPSA) is 112 Å². The number of aromatic nitrogens is 2. The number of carbonyl (C=O) groups is 3. The van der Waals surface area contributed by atoms with E-state index in [1.54, 1.807) is 30.3 Å². The zero-order chi connectivity index (χ0) is 18.0. The van der Waals surface area contributed by atoms with Crippen molar-refractivity contribution in [2.24, 2.45) is 0 Å². The van der Waals surface area contributed by atoms with Gasteiger partial charge in [0.25, 0.3) is 5.56 Å². The number of nitrogens with one attached hydrogen (secondary N) is 2. The molecule has 0 spiro atoms. The average Bonchev–Trinajstić information content (AvgIpc) is 2.93. The summed E-state index contributed by atoms with van der Waals surface area (Å²) in [5.74, 6) is -1.12. The number of imide groups is 1. The Bertz CT molecular complexity index is 869. The van der Waals surface area contributed by atoms with Gasteiger partial charge < -0.3 is 5.32 Å². The lowest BCUT2D eigenvalue weighted by Gasteiger charge is -2.21. The maximum atomic E-state index is 12.4. The molecule has 1 saturated heterocycles. The minimum atomic E-state index is -0.877. The third-order valence-electron chi connectivity index (χ3n) is 3.96. The fourth-order valence-corrected chi connectivity index (χ4v) is 2.65. The molecule has 0 unspecified atom stereocenters. The SMILES string of the molecule is C[C@H](C(=O)Nc1cccc(-c2ccc(=O)[nH]n2)c1)N1C(=O)CCC1=O. The Kier molecular flexibility index (Phi) is 4.42. The first-order valence-corrected chi connectivity index (χ1v) is 7.77. The molecule has 0 aliphatic carbocycles. The van der Waals surface area contributed by atoms with Crippen LogP contribution in [0.15, 0.2) is 41.2 Å². The summed E-state index contributed by atoms with van der Waals surface area (Å²) >= 11 is 0. The van der Waals surface area contributed by atoms with Crippen LogP contribution in [-0.2, 0) is 14.4 Å². The maximum absolute atomic E-state index is 12.4. The third kappa shape index (κ3) is 3.47. The predicted octanol–water partition coefficient (Wildman–Crippen LogP) is 0.913. The molecule has 1 aliphatic heterocycles. The van der Waals surface area contributed by atoms with E-state index in [4.69, 9.17) is 0 Å². The molecular weight excluding hydrogens is 324 g/mol. The van der Waals surface area contributed by atoms with Crippen molar-refractivity contribution in [3.63, 3.8) is 0 Å². The number of hydrogen-bond acceptors (Lipinski definition) is 5. The van der Waals surface area contributed by atoms with Crippen molar-refractivity contribution in [3.8, 4) is 11.3 Å². The molecule has 0 radical (unpaired) electrons. The number of aromatic amines is 1. The molecule has 0 bridgehead atoms.